The molecule has 1 aliphatic rings. The number of carbonyl (C=O) groups is 3. The first-order chi connectivity index (χ1) is 15.3. The highest BCUT2D eigenvalue weighted by molar-refractivity contribution is 7.98. The van der Waals surface area contributed by atoms with Crippen LogP contribution in [0.15, 0.2) is 33.7 Å². The van der Waals surface area contributed by atoms with Gasteiger partial charge in [-0.3, -0.25) is 10.1 Å². The van der Waals surface area contributed by atoms with Gasteiger partial charge in [-0.15, -0.1) is 11.8 Å². The molecule has 0 aliphatic heterocycles. The number of hydrogen-bond donors (Lipinski definition) is 2. The molecule has 1 heterocycles. The third-order valence-electron chi connectivity index (χ3n) is 5.49. The molecule has 8 nitrogen and oxygen atoms in total. The van der Waals surface area contributed by atoms with Crippen LogP contribution in [0.1, 0.15) is 66.4 Å². The predicted molar refractivity (Wildman–Crippen MR) is 120 cm³/mol. The van der Waals surface area contributed by atoms with E-state index in [1.807, 2.05) is 26.0 Å². The van der Waals surface area contributed by atoms with E-state index in [4.69, 9.17) is 9.26 Å². The van der Waals surface area contributed by atoms with Crippen LogP contribution in [0.4, 0.5) is 4.79 Å². The number of thioether (sulfide) groups is 1. The molecular weight excluding hydrogens is 430 g/mol. The molecule has 1 aromatic carbocycles. The highest BCUT2D eigenvalue weighted by Gasteiger charge is 2.24. The second kappa shape index (κ2) is 11.2. The molecule has 0 radical (unpaired) electrons. The Morgan fingerprint density at radius 2 is 1.91 bits per heavy atom. The van der Waals surface area contributed by atoms with E-state index < -0.39 is 24.0 Å². The number of carbonyl (C=O) groups excluding carboxylic acids is 3. The average molecular weight is 460 g/mol. The number of urea groups is 1. The van der Waals surface area contributed by atoms with Crippen LogP contribution >= 0.6 is 11.8 Å². The second-order valence-electron chi connectivity index (χ2n) is 7.93. The summed E-state index contributed by atoms with van der Waals surface area (Å²) in [4.78, 5) is 37.9. The molecule has 0 saturated heterocycles. The zero-order chi connectivity index (χ0) is 23.1. The maximum atomic E-state index is 12.7. The monoisotopic (exact) mass is 459 g/mol. The number of ether oxygens (including phenoxy) is 1. The van der Waals surface area contributed by atoms with E-state index in [1.165, 1.54) is 25.1 Å². The molecule has 2 aromatic rings. The van der Waals surface area contributed by atoms with Crippen molar-refractivity contribution < 1.29 is 23.6 Å². The van der Waals surface area contributed by atoms with Crippen LogP contribution in [0, 0.1) is 13.8 Å². The molecule has 1 fully saturated rings. The number of aryl methyl sites for hydroxylation is 2. The van der Waals surface area contributed by atoms with Crippen LogP contribution < -0.4 is 10.6 Å². The first-order valence-corrected chi connectivity index (χ1v) is 11.8. The van der Waals surface area contributed by atoms with E-state index >= 15 is 0 Å². The number of rotatable bonds is 7. The molecule has 3 rings (SSSR count). The molecule has 9 heteroatoms. The fraction of sp³-hybridized carbons (Fsp3) is 0.478. The van der Waals surface area contributed by atoms with Gasteiger partial charge in [-0.2, -0.15) is 0 Å². The van der Waals surface area contributed by atoms with Gasteiger partial charge >= 0.3 is 12.0 Å². The Morgan fingerprint density at radius 1 is 1.19 bits per heavy atom. The first-order valence-electron chi connectivity index (χ1n) is 10.8. The quantitative estimate of drug-likeness (QED) is 0.469. The molecular formula is C23H29N3O5S. The van der Waals surface area contributed by atoms with Gasteiger partial charge in [0.1, 0.15) is 5.76 Å². The lowest BCUT2D eigenvalue weighted by Crippen LogP contribution is -2.48. The van der Waals surface area contributed by atoms with Gasteiger partial charge in [-0.25, -0.2) is 9.59 Å². The summed E-state index contributed by atoms with van der Waals surface area (Å²) in [7, 11) is 0. The Balaban J connectivity index is 1.55. The van der Waals surface area contributed by atoms with Crippen molar-refractivity contribution in [2.75, 3.05) is 0 Å². The van der Waals surface area contributed by atoms with Crippen molar-refractivity contribution in [1.82, 2.24) is 15.8 Å². The van der Waals surface area contributed by atoms with Crippen LogP contribution in [-0.2, 0) is 15.3 Å². The minimum absolute atomic E-state index is 0.0796. The zero-order valence-electron chi connectivity index (χ0n) is 18.6. The summed E-state index contributed by atoms with van der Waals surface area (Å²) >= 11 is 1.46. The van der Waals surface area contributed by atoms with E-state index in [0.717, 1.165) is 47.6 Å². The summed E-state index contributed by atoms with van der Waals surface area (Å²) < 4.78 is 10.5. The third kappa shape index (κ3) is 6.35. The number of amides is 3. The summed E-state index contributed by atoms with van der Waals surface area (Å²) in [6.07, 6.45) is 4.02. The minimum atomic E-state index is -1.11. The van der Waals surface area contributed by atoms with Crippen LogP contribution in [0.2, 0.25) is 0 Å². The normalized spacial score (nSPS) is 15.1. The van der Waals surface area contributed by atoms with Crippen LogP contribution in [-0.4, -0.2) is 35.2 Å². The van der Waals surface area contributed by atoms with Gasteiger partial charge in [0.15, 0.2) is 6.10 Å². The minimum Gasteiger partial charge on any atom is -0.449 e. The van der Waals surface area contributed by atoms with Crippen molar-refractivity contribution in [2.24, 2.45) is 0 Å². The first kappa shape index (κ1) is 23.8. The fourth-order valence-electron chi connectivity index (χ4n) is 3.58. The summed E-state index contributed by atoms with van der Waals surface area (Å²) in [5, 5.41) is 9.02. The zero-order valence-corrected chi connectivity index (χ0v) is 19.4. The highest BCUT2D eigenvalue weighted by atomic mass is 32.2. The predicted octanol–water partition coefficient (Wildman–Crippen LogP) is 4.29. The number of nitrogens with zero attached hydrogens (tertiary/aromatic N) is 1. The topological polar surface area (TPSA) is 111 Å². The van der Waals surface area contributed by atoms with Gasteiger partial charge in [-0.1, -0.05) is 36.6 Å². The number of nitrogens with one attached hydrogen (secondary N) is 2. The molecule has 2 N–H and O–H groups in total. The molecule has 1 saturated carbocycles. The molecule has 32 heavy (non-hydrogen) atoms. The van der Waals surface area contributed by atoms with E-state index in [-0.39, 0.29) is 6.04 Å². The van der Waals surface area contributed by atoms with E-state index in [1.54, 1.807) is 12.1 Å². The van der Waals surface area contributed by atoms with Gasteiger partial charge in [0.25, 0.3) is 5.91 Å². The lowest BCUT2D eigenvalue weighted by Gasteiger charge is -2.23. The Hall–Kier alpha value is -2.81. The van der Waals surface area contributed by atoms with Crippen molar-refractivity contribution in [3.05, 3.63) is 46.8 Å². The summed E-state index contributed by atoms with van der Waals surface area (Å²) in [6.45, 7) is 5.17. The SMILES string of the molecule is Cc1noc(C)c1CSc1ccccc1C(=O)O[C@H](C)C(=O)NC(=O)NC1CCCCC1. The second-order valence-corrected chi connectivity index (χ2v) is 8.95. The lowest BCUT2D eigenvalue weighted by atomic mass is 9.96. The molecule has 1 atom stereocenters. The van der Waals surface area contributed by atoms with Crippen molar-refractivity contribution in [2.45, 2.75) is 75.7 Å². The van der Waals surface area contributed by atoms with Crippen molar-refractivity contribution >= 4 is 29.7 Å². The number of esters is 1. The smallest absolute Gasteiger partial charge is 0.340 e. The summed E-state index contributed by atoms with van der Waals surface area (Å²) in [5.74, 6) is 0.0459. The third-order valence-corrected chi connectivity index (χ3v) is 6.59. The molecule has 3 amide bonds. The maximum absolute atomic E-state index is 12.7. The van der Waals surface area contributed by atoms with E-state index in [9.17, 15) is 14.4 Å². The maximum Gasteiger partial charge on any atom is 0.340 e. The number of aromatic nitrogens is 1. The Labute approximate surface area is 191 Å². The largest absolute Gasteiger partial charge is 0.449 e. The number of imide groups is 1. The average Bonchev–Trinajstić information content (AvgIpc) is 3.10. The molecule has 1 aliphatic carbocycles. The molecule has 172 valence electrons. The van der Waals surface area contributed by atoms with E-state index in [2.05, 4.69) is 15.8 Å². The van der Waals surface area contributed by atoms with Gasteiger partial charge in [0, 0.05) is 22.3 Å². The van der Waals surface area contributed by atoms with Gasteiger partial charge in [0.05, 0.1) is 11.3 Å². The lowest BCUT2D eigenvalue weighted by molar-refractivity contribution is -0.127. The van der Waals surface area contributed by atoms with Gasteiger partial charge in [0.2, 0.25) is 0 Å². The van der Waals surface area contributed by atoms with Crippen LogP contribution in [0.3, 0.4) is 0 Å². The number of benzene rings is 1. The standard InChI is InChI=1S/C23H29N3O5S/c1-14-19(15(2)31-26-14)13-32-20-12-8-7-11-18(20)22(28)30-16(3)21(27)25-23(29)24-17-9-5-4-6-10-17/h7-8,11-12,16-17H,4-6,9-10,13H2,1-3H3,(H2,24,25,27,29)/t16-/m1/s1. The van der Waals surface area contributed by atoms with Crippen LogP contribution in [0.25, 0.3) is 0 Å². The Bertz CT molecular complexity index is 949. The fourth-order valence-corrected chi connectivity index (χ4v) is 4.77. The van der Waals surface area contributed by atoms with Crippen molar-refractivity contribution in [3.8, 4) is 0 Å². The van der Waals surface area contributed by atoms with Gasteiger partial charge in [-0.05, 0) is 45.7 Å². The van der Waals surface area contributed by atoms with Gasteiger partial charge < -0.3 is 14.6 Å². The van der Waals surface area contributed by atoms with Crippen molar-refractivity contribution in [3.63, 3.8) is 0 Å². The highest BCUT2D eigenvalue weighted by Crippen LogP contribution is 2.29. The molecule has 1 aromatic heterocycles. The molecule has 0 spiro atoms. The molecule has 0 unspecified atom stereocenters. The number of hydrogen-bond acceptors (Lipinski definition) is 7. The Kier molecular flexibility index (Phi) is 8.33. The van der Waals surface area contributed by atoms with Crippen molar-refractivity contribution in [1.29, 1.82) is 0 Å². The van der Waals surface area contributed by atoms with E-state index in [0.29, 0.717) is 11.3 Å². The Morgan fingerprint density at radius 3 is 2.59 bits per heavy atom. The molecule has 0 bridgehead atoms. The summed E-state index contributed by atoms with van der Waals surface area (Å²) in [5.41, 5.74) is 2.15. The summed E-state index contributed by atoms with van der Waals surface area (Å²) in [6, 6.07) is 6.56. The van der Waals surface area contributed by atoms with Crippen LogP contribution in [0.5, 0.6) is 0 Å².